The largest absolute Gasteiger partial charge is 0.353 e. The molecule has 4 amide bonds. The smallest absolute Gasteiger partial charge is 0.312 e. The van der Waals surface area contributed by atoms with E-state index in [1.807, 2.05) is 13.8 Å². The number of urea groups is 1. The lowest BCUT2D eigenvalue weighted by atomic mass is 9.96. The Morgan fingerprint density at radius 3 is 2.04 bits per heavy atom. The Hall–Kier alpha value is -2.06. The van der Waals surface area contributed by atoms with Crippen molar-refractivity contribution in [3.05, 3.63) is 0 Å². The van der Waals surface area contributed by atoms with E-state index in [0.717, 1.165) is 0 Å². The van der Waals surface area contributed by atoms with Gasteiger partial charge in [-0.25, -0.2) is 4.79 Å². The van der Waals surface area contributed by atoms with E-state index in [4.69, 9.17) is 5.73 Å². The first-order valence-electron chi connectivity index (χ1n) is 8.20. The van der Waals surface area contributed by atoms with Crippen molar-refractivity contribution < 1.29 is 19.2 Å². The maximum absolute atomic E-state index is 12.4. The molecule has 0 bridgehead atoms. The van der Waals surface area contributed by atoms with E-state index < -0.39 is 18.1 Å². The standard InChI is InChI=1S/C15H29BN4O4/c1-8(2)11(20-14(16)23)13(22)19-10(12(21)9(3)4)6-5-7-18-15(17)24/h8-11H,5-7,16H2,1-4H3,(H,19,22)(H,20,23)(H3,17,18,24)/t10-,11-/m0/s1. The van der Waals surface area contributed by atoms with Gasteiger partial charge in [0.15, 0.2) is 11.6 Å². The molecule has 0 aliphatic carbocycles. The van der Waals surface area contributed by atoms with E-state index in [1.54, 1.807) is 13.8 Å². The van der Waals surface area contributed by atoms with Gasteiger partial charge in [-0.1, -0.05) is 27.7 Å². The third-order valence-electron chi connectivity index (χ3n) is 3.51. The number of carbonyl (C=O) groups excluding carboxylic acids is 4. The Labute approximate surface area is 144 Å². The van der Waals surface area contributed by atoms with Gasteiger partial charge in [-0.2, -0.15) is 0 Å². The normalized spacial score (nSPS) is 13.2. The monoisotopic (exact) mass is 340 g/mol. The summed E-state index contributed by atoms with van der Waals surface area (Å²) in [5, 5.41) is 7.77. The molecule has 2 atom stereocenters. The molecule has 24 heavy (non-hydrogen) atoms. The number of primary amides is 1. The van der Waals surface area contributed by atoms with Crippen LogP contribution in [0.3, 0.4) is 0 Å². The lowest BCUT2D eigenvalue weighted by Gasteiger charge is -2.25. The fourth-order valence-corrected chi connectivity index (χ4v) is 2.22. The number of Topliss-reactive ketones (excluding diaryl/α,β-unsaturated/α-hetero) is 1. The van der Waals surface area contributed by atoms with Crippen LogP contribution in [0.25, 0.3) is 0 Å². The van der Waals surface area contributed by atoms with E-state index in [-0.39, 0.29) is 29.3 Å². The third-order valence-corrected chi connectivity index (χ3v) is 3.51. The molecule has 0 saturated carbocycles. The lowest BCUT2D eigenvalue weighted by molar-refractivity contribution is -0.131. The molecule has 0 fully saturated rings. The summed E-state index contributed by atoms with van der Waals surface area (Å²) in [4.78, 5) is 46.7. The van der Waals surface area contributed by atoms with Gasteiger partial charge in [-0.3, -0.25) is 14.4 Å². The molecule has 0 aliphatic heterocycles. The number of ketones is 1. The van der Waals surface area contributed by atoms with E-state index >= 15 is 0 Å². The number of amides is 4. The summed E-state index contributed by atoms with van der Waals surface area (Å²) in [6, 6.07) is -1.99. The minimum absolute atomic E-state index is 0.0900. The zero-order valence-electron chi connectivity index (χ0n) is 15.1. The van der Waals surface area contributed by atoms with Crippen molar-refractivity contribution in [1.29, 1.82) is 0 Å². The highest BCUT2D eigenvalue weighted by Gasteiger charge is 2.28. The molecular weight excluding hydrogens is 311 g/mol. The van der Waals surface area contributed by atoms with E-state index in [1.165, 1.54) is 7.85 Å². The number of carbonyl (C=O) groups is 4. The highest BCUT2D eigenvalue weighted by atomic mass is 16.2. The summed E-state index contributed by atoms with van der Waals surface area (Å²) in [6.45, 7) is 7.48. The Kier molecular flexibility index (Phi) is 9.76. The second-order valence-electron chi connectivity index (χ2n) is 6.47. The van der Waals surface area contributed by atoms with Crippen LogP contribution in [0, 0.1) is 11.8 Å². The second-order valence-corrected chi connectivity index (χ2v) is 6.47. The van der Waals surface area contributed by atoms with Gasteiger partial charge in [-0.05, 0) is 18.8 Å². The van der Waals surface area contributed by atoms with Crippen molar-refractivity contribution >= 4 is 31.4 Å². The fraction of sp³-hybridized carbons (Fsp3) is 0.733. The van der Waals surface area contributed by atoms with E-state index in [9.17, 15) is 19.2 Å². The molecule has 5 N–H and O–H groups in total. The van der Waals surface area contributed by atoms with Crippen LogP contribution < -0.4 is 21.7 Å². The number of nitrogens with one attached hydrogen (secondary N) is 3. The van der Waals surface area contributed by atoms with Crippen LogP contribution in [-0.4, -0.2) is 50.0 Å². The summed E-state index contributed by atoms with van der Waals surface area (Å²) in [5.74, 6) is -1.13. The molecule has 0 aromatic carbocycles. The van der Waals surface area contributed by atoms with E-state index in [2.05, 4.69) is 16.0 Å². The first-order valence-corrected chi connectivity index (χ1v) is 8.20. The summed E-state index contributed by atoms with van der Waals surface area (Å²) in [7, 11) is 1.34. The molecule has 0 unspecified atom stereocenters. The Balaban J connectivity index is 4.88. The molecule has 0 radical (unpaired) electrons. The summed E-state index contributed by atoms with van der Waals surface area (Å²) in [6.07, 6.45) is 0.882. The summed E-state index contributed by atoms with van der Waals surface area (Å²) < 4.78 is 0. The molecule has 0 rings (SSSR count). The van der Waals surface area contributed by atoms with Gasteiger partial charge >= 0.3 is 6.03 Å². The van der Waals surface area contributed by atoms with Gasteiger partial charge in [0, 0.05) is 12.5 Å². The van der Waals surface area contributed by atoms with E-state index in [0.29, 0.717) is 19.4 Å². The van der Waals surface area contributed by atoms with Crippen LogP contribution in [0.4, 0.5) is 9.59 Å². The highest BCUT2D eigenvalue weighted by molar-refractivity contribution is 6.57. The van der Waals surface area contributed by atoms with Gasteiger partial charge in [-0.15, -0.1) is 0 Å². The first-order chi connectivity index (χ1) is 11.1. The van der Waals surface area contributed by atoms with Gasteiger partial charge in [0.2, 0.25) is 13.8 Å². The van der Waals surface area contributed by atoms with Crippen LogP contribution in [0.2, 0.25) is 0 Å². The number of hydrogen-bond acceptors (Lipinski definition) is 4. The van der Waals surface area contributed by atoms with Crippen LogP contribution in [0.1, 0.15) is 40.5 Å². The lowest BCUT2D eigenvalue weighted by Crippen LogP contribution is -2.54. The molecule has 0 heterocycles. The third kappa shape index (κ3) is 8.54. The maximum atomic E-state index is 12.4. The molecule has 0 saturated heterocycles. The van der Waals surface area contributed by atoms with Crippen molar-refractivity contribution in [2.75, 3.05) is 6.54 Å². The minimum atomic E-state index is -0.700. The van der Waals surface area contributed by atoms with Crippen LogP contribution >= 0.6 is 0 Å². The number of rotatable bonds is 10. The summed E-state index contributed by atoms with van der Waals surface area (Å²) >= 11 is 0. The van der Waals surface area contributed by atoms with Crippen molar-refractivity contribution in [3.63, 3.8) is 0 Å². The van der Waals surface area contributed by atoms with Gasteiger partial charge in [0.05, 0.1) is 6.04 Å². The van der Waals surface area contributed by atoms with Gasteiger partial charge in [0.25, 0.3) is 0 Å². The predicted molar refractivity (Wildman–Crippen MR) is 94.3 cm³/mol. The Bertz CT molecular complexity index is 468. The molecule has 0 aliphatic rings. The molecule has 9 heteroatoms. The predicted octanol–water partition coefficient (Wildman–Crippen LogP) is -0.488. The molecule has 0 aromatic rings. The maximum Gasteiger partial charge on any atom is 0.312 e. The zero-order valence-corrected chi connectivity index (χ0v) is 15.1. The van der Waals surface area contributed by atoms with Crippen molar-refractivity contribution in [1.82, 2.24) is 16.0 Å². The average Bonchev–Trinajstić information content (AvgIpc) is 2.45. The van der Waals surface area contributed by atoms with Crippen molar-refractivity contribution in [2.24, 2.45) is 17.6 Å². The van der Waals surface area contributed by atoms with Crippen molar-refractivity contribution in [2.45, 2.75) is 52.6 Å². The molecule has 0 spiro atoms. The SMILES string of the molecule is BC(=O)N[C@H](C(=O)N[C@@H](CCCNC(N)=O)C(=O)C(C)C)C(C)C. The van der Waals surface area contributed by atoms with Crippen LogP contribution in [0.5, 0.6) is 0 Å². The van der Waals surface area contributed by atoms with Crippen LogP contribution in [0.15, 0.2) is 0 Å². The average molecular weight is 340 g/mol. The molecule has 0 aromatic heterocycles. The number of nitrogens with two attached hydrogens (primary N) is 1. The Morgan fingerprint density at radius 2 is 1.62 bits per heavy atom. The van der Waals surface area contributed by atoms with Crippen molar-refractivity contribution in [3.8, 4) is 0 Å². The second kappa shape index (κ2) is 10.7. The zero-order chi connectivity index (χ0) is 18.9. The fourth-order valence-electron chi connectivity index (χ4n) is 2.22. The quantitative estimate of drug-likeness (QED) is 0.316. The molecule has 8 nitrogen and oxygen atoms in total. The van der Waals surface area contributed by atoms with Crippen LogP contribution in [-0.2, 0) is 9.59 Å². The Morgan fingerprint density at radius 1 is 1.04 bits per heavy atom. The first kappa shape index (κ1) is 21.9. The minimum Gasteiger partial charge on any atom is -0.353 e. The number of hydrogen-bond donors (Lipinski definition) is 4. The topological polar surface area (TPSA) is 130 Å². The van der Waals surface area contributed by atoms with Gasteiger partial charge < -0.3 is 21.7 Å². The highest BCUT2D eigenvalue weighted by Crippen LogP contribution is 2.08. The summed E-state index contributed by atoms with van der Waals surface area (Å²) in [5.41, 5.74) is 4.99. The van der Waals surface area contributed by atoms with Gasteiger partial charge in [0.1, 0.15) is 6.04 Å². The molecular formula is C15H29BN4O4. The molecule has 136 valence electrons.